The molecule has 1 spiro atoms. The lowest BCUT2D eigenvalue weighted by atomic mass is 9.60. The predicted octanol–water partition coefficient (Wildman–Crippen LogP) is 4.31. The molecule has 0 aromatic heterocycles. The Morgan fingerprint density at radius 3 is 2.23 bits per heavy atom. The zero-order valence-electron chi connectivity index (χ0n) is 14.5. The van der Waals surface area contributed by atoms with Crippen LogP contribution in [0.3, 0.4) is 0 Å². The lowest BCUT2D eigenvalue weighted by Gasteiger charge is -2.60. The summed E-state index contributed by atoms with van der Waals surface area (Å²) in [5.41, 5.74) is -1.75. The van der Waals surface area contributed by atoms with Gasteiger partial charge < -0.3 is 9.80 Å². The smallest absolute Gasteiger partial charge is 0.370 e. The Morgan fingerprint density at radius 1 is 1.12 bits per heavy atom. The van der Waals surface area contributed by atoms with Crippen LogP contribution >= 0.6 is 0 Å². The van der Waals surface area contributed by atoms with Crippen molar-refractivity contribution in [2.75, 3.05) is 18.0 Å². The predicted molar refractivity (Wildman–Crippen MR) is 85.3 cm³/mol. The summed E-state index contributed by atoms with van der Waals surface area (Å²) in [6.45, 7) is 3.46. The topological polar surface area (TPSA) is 23.6 Å². The van der Waals surface area contributed by atoms with Gasteiger partial charge in [-0.15, -0.1) is 0 Å². The summed E-state index contributed by atoms with van der Waals surface area (Å²) in [6, 6.07) is 2.21. The van der Waals surface area contributed by atoms with Gasteiger partial charge in [0.15, 0.2) is 0 Å². The lowest BCUT2D eigenvalue weighted by Crippen LogP contribution is -2.70. The van der Waals surface area contributed by atoms with Crippen molar-refractivity contribution < 1.29 is 26.7 Å². The first-order chi connectivity index (χ1) is 12.0. The van der Waals surface area contributed by atoms with E-state index in [0.717, 1.165) is 6.07 Å². The van der Waals surface area contributed by atoms with Crippen molar-refractivity contribution >= 4 is 11.6 Å². The summed E-state index contributed by atoms with van der Waals surface area (Å²) in [4.78, 5) is 15.4. The molecule has 2 fully saturated rings. The van der Waals surface area contributed by atoms with E-state index in [1.54, 1.807) is 13.8 Å². The Balaban J connectivity index is 1.70. The van der Waals surface area contributed by atoms with Crippen molar-refractivity contribution in [2.45, 2.75) is 51.4 Å². The number of fused-ring (bicyclic) bond motifs is 1. The van der Waals surface area contributed by atoms with Crippen LogP contribution < -0.4 is 4.90 Å². The molecule has 142 valence electrons. The third kappa shape index (κ3) is 2.26. The van der Waals surface area contributed by atoms with Crippen molar-refractivity contribution in [2.24, 2.45) is 5.41 Å². The lowest BCUT2D eigenvalue weighted by molar-refractivity contribution is -0.212. The fourth-order valence-corrected chi connectivity index (χ4v) is 4.19. The first kappa shape index (κ1) is 17.5. The van der Waals surface area contributed by atoms with Crippen molar-refractivity contribution in [3.8, 4) is 0 Å². The summed E-state index contributed by atoms with van der Waals surface area (Å²) in [5.74, 6) is -3.19. The van der Waals surface area contributed by atoms with E-state index in [4.69, 9.17) is 0 Å². The molecule has 4 rings (SSSR count). The van der Waals surface area contributed by atoms with Gasteiger partial charge in [0.05, 0.1) is 11.0 Å². The number of carbonyl (C=O) groups excluding carboxylic acids is 1. The maximum absolute atomic E-state index is 13.8. The molecule has 1 amide bonds. The second-order valence-electron chi connectivity index (χ2n) is 7.88. The molecule has 26 heavy (non-hydrogen) atoms. The molecule has 1 aliphatic carbocycles. The second kappa shape index (κ2) is 5.10. The number of alkyl halides is 5. The molecule has 1 saturated carbocycles. The summed E-state index contributed by atoms with van der Waals surface area (Å²) in [6.07, 6.45) is -4.38. The van der Waals surface area contributed by atoms with Crippen LogP contribution in [0.1, 0.15) is 48.2 Å². The summed E-state index contributed by atoms with van der Waals surface area (Å²) in [7, 11) is 0. The van der Waals surface area contributed by atoms with E-state index in [1.165, 1.54) is 15.9 Å². The van der Waals surface area contributed by atoms with E-state index in [9.17, 15) is 26.7 Å². The maximum atomic E-state index is 13.8. The van der Waals surface area contributed by atoms with Crippen LogP contribution in [-0.2, 0) is 12.7 Å². The maximum Gasteiger partial charge on any atom is 0.416 e. The minimum Gasteiger partial charge on any atom is -0.370 e. The van der Waals surface area contributed by atoms with Crippen LogP contribution in [0, 0.1) is 5.41 Å². The van der Waals surface area contributed by atoms with Crippen molar-refractivity contribution in [1.82, 2.24) is 4.90 Å². The van der Waals surface area contributed by atoms with Crippen LogP contribution in [0.25, 0.3) is 0 Å². The van der Waals surface area contributed by atoms with Gasteiger partial charge in [0, 0.05) is 43.3 Å². The summed E-state index contributed by atoms with van der Waals surface area (Å²) in [5, 5.41) is 0. The van der Waals surface area contributed by atoms with Crippen LogP contribution in [0.2, 0.25) is 0 Å². The molecule has 0 bridgehead atoms. The van der Waals surface area contributed by atoms with Gasteiger partial charge in [0.2, 0.25) is 0 Å². The largest absolute Gasteiger partial charge is 0.416 e. The highest BCUT2D eigenvalue weighted by Crippen LogP contribution is 2.59. The van der Waals surface area contributed by atoms with Crippen molar-refractivity contribution in [3.63, 3.8) is 0 Å². The summed E-state index contributed by atoms with van der Waals surface area (Å²) >= 11 is 0. The molecule has 2 heterocycles. The first-order valence-corrected chi connectivity index (χ1v) is 8.63. The quantitative estimate of drug-likeness (QED) is 0.721. The molecule has 1 aromatic rings. The van der Waals surface area contributed by atoms with E-state index in [-0.39, 0.29) is 48.9 Å². The zero-order chi connectivity index (χ0) is 19.1. The molecule has 1 aromatic carbocycles. The van der Waals surface area contributed by atoms with Gasteiger partial charge in [0.25, 0.3) is 11.8 Å². The fraction of sp³-hybridized carbons (Fsp3) is 0.611. The van der Waals surface area contributed by atoms with E-state index < -0.39 is 29.0 Å². The highest BCUT2D eigenvalue weighted by Gasteiger charge is 2.67. The van der Waals surface area contributed by atoms with Crippen molar-refractivity contribution in [3.05, 3.63) is 28.8 Å². The Labute approximate surface area is 147 Å². The third-order valence-electron chi connectivity index (χ3n) is 6.03. The average Bonchev–Trinajstić information content (AvgIpc) is 2.81. The van der Waals surface area contributed by atoms with Gasteiger partial charge >= 0.3 is 6.18 Å². The minimum absolute atomic E-state index is 0.0239. The number of benzene rings is 1. The Kier molecular flexibility index (Phi) is 3.45. The molecule has 0 atom stereocenters. The normalized spacial score (nSPS) is 23.3. The van der Waals surface area contributed by atoms with E-state index in [0.29, 0.717) is 6.42 Å². The number of amides is 1. The van der Waals surface area contributed by atoms with Gasteiger partial charge in [-0.2, -0.15) is 13.2 Å². The molecule has 1 saturated heterocycles. The van der Waals surface area contributed by atoms with Gasteiger partial charge in [-0.05, 0) is 38.0 Å². The molecule has 0 N–H and O–H groups in total. The molecule has 3 nitrogen and oxygen atoms in total. The third-order valence-corrected chi connectivity index (χ3v) is 6.03. The first-order valence-electron chi connectivity index (χ1n) is 8.63. The molecule has 0 radical (unpaired) electrons. The SMILES string of the molecule is CC(C)N1Cc2c(cc(N3CC4(CCC4(F)F)C3)cc2C(F)(F)F)C1=O. The van der Waals surface area contributed by atoms with Crippen LogP contribution in [0.15, 0.2) is 12.1 Å². The number of anilines is 1. The Bertz CT molecular complexity index is 781. The van der Waals surface area contributed by atoms with Gasteiger partial charge in [0.1, 0.15) is 0 Å². The number of halogens is 5. The van der Waals surface area contributed by atoms with E-state index in [1.807, 2.05) is 0 Å². The molecular weight excluding hydrogens is 355 g/mol. The summed E-state index contributed by atoms with van der Waals surface area (Å²) < 4.78 is 68.1. The Hall–Kier alpha value is -1.86. The fourth-order valence-electron chi connectivity index (χ4n) is 4.19. The van der Waals surface area contributed by atoms with Crippen molar-refractivity contribution in [1.29, 1.82) is 0 Å². The standard InChI is InChI=1S/C18H19F5N2O/c1-10(2)25-7-13-12(15(25)26)5-11(6-14(13)18(21,22)23)24-8-16(9-24)3-4-17(16,19)20/h5-6,10H,3-4,7-9H2,1-2H3. The molecular formula is C18H19F5N2O. The number of hydrogen-bond acceptors (Lipinski definition) is 2. The minimum atomic E-state index is -4.60. The molecule has 2 aliphatic heterocycles. The van der Waals surface area contributed by atoms with Gasteiger partial charge in [-0.1, -0.05) is 0 Å². The number of carbonyl (C=O) groups is 1. The molecule has 8 heteroatoms. The number of nitrogens with zero attached hydrogens (tertiary/aromatic N) is 2. The molecule has 3 aliphatic rings. The second-order valence-corrected chi connectivity index (χ2v) is 7.88. The van der Waals surface area contributed by atoms with E-state index >= 15 is 0 Å². The van der Waals surface area contributed by atoms with Crippen LogP contribution in [0.4, 0.5) is 27.6 Å². The number of hydrogen-bond donors (Lipinski definition) is 0. The van der Waals surface area contributed by atoms with Crippen LogP contribution in [-0.4, -0.2) is 35.9 Å². The monoisotopic (exact) mass is 374 g/mol. The van der Waals surface area contributed by atoms with Crippen LogP contribution in [0.5, 0.6) is 0 Å². The Morgan fingerprint density at radius 2 is 1.77 bits per heavy atom. The van der Waals surface area contributed by atoms with Gasteiger partial charge in [-0.3, -0.25) is 4.79 Å². The molecule has 0 unspecified atom stereocenters. The van der Waals surface area contributed by atoms with Gasteiger partial charge in [-0.25, -0.2) is 8.78 Å². The van der Waals surface area contributed by atoms with E-state index in [2.05, 4.69) is 0 Å². The number of rotatable bonds is 2. The highest BCUT2D eigenvalue weighted by molar-refractivity contribution is 6.00. The highest BCUT2D eigenvalue weighted by atomic mass is 19.4. The average molecular weight is 374 g/mol. The zero-order valence-corrected chi connectivity index (χ0v) is 14.5.